The quantitative estimate of drug-likeness (QED) is 0.480. The molecule has 1 fully saturated rings. The summed E-state index contributed by atoms with van der Waals surface area (Å²) in [5.74, 6) is -0.129. The van der Waals surface area contributed by atoms with E-state index in [-0.39, 0.29) is 23.3 Å². The Bertz CT molecular complexity index is 1170. The zero-order chi connectivity index (χ0) is 21.8. The number of thiazole rings is 1. The molecule has 0 atom stereocenters. The van der Waals surface area contributed by atoms with Gasteiger partial charge in [0, 0.05) is 35.0 Å². The van der Waals surface area contributed by atoms with Gasteiger partial charge in [-0.1, -0.05) is 35.9 Å². The van der Waals surface area contributed by atoms with Gasteiger partial charge < -0.3 is 5.32 Å². The number of aryl methyl sites for hydroxylation is 1. The maximum absolute atomic E-state index is 12.3. The van der Waals surface area contributed by atoms with Crippen LogP contribution in [0.25, 0.3) is 0 Å². The second-order valence-electron chi connectivity index (χ2n) is 7.53. The second-order valence-corrected chi connectivity index (χ2v) is 10.8. The Morgan fingerprint density at radius 3 is 2.61 bits per heavy atom. The minimum atomic E-state index is -3.45. The zero-order valence-corrected chi connectivity index (χ0v) is 19.1. The molecule has 0 spiro atoms. The average molecular weight is 476 g/mol. The number of benzene rings is 2. The fraction of sp³-hybridized carbons (Fsp3) is 0.273. The molecule has 9 heteroatoms. The molecule has 6 nitrogen and oxygen atoms in total. The summed E-state index contributed by atoms with van der Waals surface area (Å²) >= 11 is 7.46. The van der Waals surface area contributed by atoms with Gasteiger partial charge in [0.1, 0.15) is 0 Å². The molecule has 0 bridgehead atoms. The molecular weight excluding hydrogens is 454 g/mol. The SMILES string of the molecule is O=C(CCc1ccc(S(=O)(=O)NC2CC2)cc1)Nc1ncc(Cc2cccc(Cl)c2)s1. The lowest BCUT2D eigenvalue weighted by atomic mass is 10.1. The first-order valence-corrected chi connectivity index (χ1v) is 12.7. The van der Waals surface area contributed by atoms with Crippen molar-refractivity contribution in [1.82, 2.24) is 9.71 Å². The second kappa shape index (κ2) is 9.48. The molecule has 0 saturated heterocycles. The Hall–Kier alpha value is -2.26. The average Bonchev–Trinajstić information content (AvgIpc) is 3.43. The number of anilines is 1. The van der Waals surface area contributed by atoms with Gasteiger partial charge in [-0.05, 0) is 54.7 Å². The molecular formula is C22H22ClN3O3S2. The van der Waals surface area contributed by atoms with E-state index in [1.54, 1.807) is 30.5 Å². The van der Waals surface area contributed by atoms with Gasteiger partial charge in [-0.25, -0.2) is 18.1 Å². The van der Waals surface area contributed by atoms with Gasteiger partial charge in [0.2, 0.25) is 15.9 Å². The van der Waals surface area contributed by atoms with Crippen LogP contribution in [0.15, 0.2) is 59.6 Å². The number of halogens is 1. The van der Waals surface area contributed by atoms with Gasteiger partial charge in [0.05, 0.1) is 4.90 Å². The topological polar surface area (TPSA) is 88.2 Å². The summed E-state index contributed by atoms with van der Waals surface area (Å²) in [5, 5.41) is 4.09. The summed E-state index contributed by atoms with van der Waals surface area (Å²) in [5.41, 5.74) is 1.99. The van der Waals surface area contributed by atoms with E-state index in [1.807, 2.05) is 24.3 Å². The highest BCUT2D eigenvalue weighted by Gasteiger charge is 2.27. The Labute approximate surface area is 190 Å². The van der Waals surface area contributed by atoms with Gasteiger partial charge in [-0.2, -0.15) is 0 Å². The molecule has 0 aliphatic heterocycles. The number of hydrogen-bond donors (Lipinski definition) is 2. The van der Waals surface area contributed by atoms with Crippen LogP contribution in [-0.2, 0) is 27.7 Å². The highest BCUT2D eigenvalue weighted by Crippen LogP contribution is 2.24. The molecule has 162 valence electrons. The number of amides is 1. The number of rotatable bonds is 9. The molecule has 1 aromatic heterocycles. The zero-order valence-electron chi connectivity index (χ0n) is 16.7. The van der Waals surface area contributed by atoms with Crippen LogP contribution in [0.2, 0.25) is 5.02 Å². The molecule has 4 rings (SSSR count). The third-order valence-corrected chi connectivity index (χ3v) is 7.53. The van der Waals surface area contributed by atoms with Crippen LogP contribution in [0.4, 0.5) is 5.13 Å². The number of carbonyl (C=O) groups is 1. The molecule has 1 aliphatic rings. The molecule has 3 aromatic rings. The summed E-state index contributed by atoms with van der Waals surface area (Å²) in [4.78, 5) is 17.9. The lowest BCUT2D eigenvalue weighted by Gasteiger charge is -2.07. The third-order valence-electron chi connectivity index (χ3n) is 4.84. The highest BCUT2D eigenvalue weighted by molar-refractivity contribution is 7.89. The predicted molar refractivity (Wildman–Crippen MR) is 123 cm³/mol. The first kappa shape index (κ1) is 22.0. The van der Waals surface area contributed by atoms with E-state index in [0.29, 0.717) is 23.0 Å². The molecule has 1 saturated carbocycles. The van der Waals surface area contributed by atoms with Crippen molar-refractivity contribution in [3.05, 3.63) is 75.8 Å². The van der Waals surface area contributed by atoms with E-state index >= 15 is 0 Å². The molecule has 2 N–H and O–H groups in total. The predicted octanol–water partition coefficient (Wildman–Crippen LogP) is 4.40. The number of nitrogens with zero attached hydrogens (tertiary/aromatic N) is 1. The standard InChI is InChI=1S/C22H22ClN3O3S2/c23-17-3-1-2-16(12-17)13-19-14-24-22(30-19)25-21(27)11-6-15-4-9-20(10-5-15)31(28,29)26-18-7-8-18/h1-5,9-10,12,14,18,26H,6-8,11,13H2,(H,24,25,27). The van der Waals surface area contributed by atoms with Crippen molar-refractivity contribution in [1.29, 1.82) is 0 Å². The fourth-order valence-corrected chi connectivity index (χ4v) is 5.44. The van der Waals surface area contributed by atoms with Crippen molar-refractivity contribution in [3.8, 4) is 0 Å². The lowest BCUT2D eigenvalue weighted by Crippen LogP contribution is -2.25. The monoisotopic (exact) mass is 475 g/mol. The summed E-state index contributed by atoms with van der Waals surface area (Å²) in [6, 6.07) is 14.4. The van der Waals surface area contributed by atoms with Gasteiger partial charge in [0.25, 0.3) is 0 Å². The van der Waals surface area contributed by atoms with E-state index in [1.165, 1.54) is 11.3 Å². The van der Waals surface area contributed by atoms with Crippen molar-refractivity contribution in [2.75, 3.05) is 5.32 Å². The van der Waals surface area contributed by atoms with Gasteiger partial charge in [0.15, 0.2) is 5.13 Å². The Morgan fingerprint density at radius 2 is 1.90 bits per heavy atom. The van der Waals surface area contributed by atoms with Crippen molar-refractivity contribution in [2.45, 2.75) is 43.0 Å². The lowest BCUT2D eigenvalue weighted by molar-refractivity contribution is -0.116. The number of hydrogen-bond acceptors (Lipinski definition) is 5. The first-order valence-electron chi connectivity index (χ1n) is 9.98. The minimum Gasteiger partial charge on any atom is -0.302 e. The summed E-state index contributed by atoms with van der Waals surface area (Å²) in [6.07, 6.45) is 5.06. The Kier molecular flexibility index (Phi) is 6.71. The molecule has 0 unspecified atom stereocenters. The maximum Gasteiger partial charge on any atom is 0.240 e. The molecule has 1 aliphatic carbocycles. The smallest absolute Gasteiger partial charge is 0.240 e. The summed E-state index contributed by atoms with van der Waals surface area (Å²) in [6.45, 7) is 0. The number of carbonyl (C=O) groups excluding carboxylic acids is 1. The molecule has 1 amide bonds. The third kappa shape index (κ3) is 6.36. The van der Waals surface area contributed by atoms with Crippen molar-refractivity contribution in [2.24, 2.45) is 0 Å². The van der Waals surface area contributed by atoms with Crippen molar-refractivity contribution >= 4 is 44.0 Å². The number of sulfonamides is 1. The van der Waals surface area contributed by atoms with E-state index in [4.69, 9.17) is 11.6 Å². The molecule has 31 heavy (non-hydrogen) atoms. The van der Waals surface area contributed by atoms with Gasteiger partial charge in [-0.15, -0.1) is 11.3 Å². The largest absolute Gasteiger partial charge is 0.302 e. The van der Waals surface area contributed by atoms with Gasteiger partial charge in [-0.3, -0.25) is 4.79 Å². The number of aromatic nitrogens is 1. The molecule has 1 heterocycles. The van der Waals surface area contributed by atoms with E-state index < -0.39 is 10.0 Å². The van der Waals surface area contributed by atoms with E-state index in [2.05, 4.69) is 15.0 Å². The fourth-order valence-electron chi connectivity index (χ4n) is 3.06. The Balaban J connectivity index is 1.27. The van der Waals surface area contributed by atoms with E-state index in [0.717, 1.165) is 28.8 Å². The molecule has 0 radical (unpaired) electrons. The van der Waals surface area contributed by atoms with Crippen LogP contribution < -0.4 is 10.0 Å². The van der Waals surface area contributed by atoms with Crippen LogP contribution in [0, 0.1) is 0 Å². The summed E-state index contributed by atoms with van der Waals surface area (Å²) in [7, 11) is -3.45. The van der Waals surface area contributed by atoms with Crippen LogP contribution in [0.5, 0.6) is 0 Å². The highest BCUT2D eigenvalue weighted by atomic mass is 35.5. The minimum absolute atomic E-state index is 0.0743. The first-order chi connectivity index (χ1) is 14.9. The summed E-state index contributed by atoms with van der Waals surface area (Å²) < 4.78 is 27.1. The maximum atomic E-state index is 12.3. The molecule has 2 aromatic carbocycles. The normalized spacial score (nSPS) is 13.8. The van der Waals surface area contributed by atoms with Crippen molar-refractivity contribution in [3.63, 3.8) is 0 Å². The number of nitrogens with one attached hydrogen (secondary N) is 2. The van der Waals surface area contributed by atoms with E-state index in [9.17, 15) is 13.2 Å². The van der Waals surface area contributed by atoms with Crippen molar-refractivity contribution < 1.29 is 13.2 Å². The van der Waals surface area contributed by atoms with Gasteiger partial charge >= 0.3 is 0 Å². The Morgan fingerprint density at radius 1 is 1.13 bits per heavy atom. The van der Waals surface area contributed by atoms with Crippen LogP contribution in [0.1, 0.15) is 35.3 Å². The van der Waals surface area contributed by atoms with Crippen LogP contribution in [0.3, 0.4) is 0 Å². The van der Waals surface area contributed by atoms with Crippen LogP contribution in [-0.4, -0.2) is 25.4 Å². The van der Waals surface area contributed by atoms with Crippen LogP contribution >= 0.6 is 22.9 Å².